The molecule has 3 aromatic rings. The summed E-state index contributed by atoms with van der Waals surface area (Å²) in [6.07, 6.45) is 0. The van der Waals surface area contributed by atoms with Gasteiger partial charge in [0.15, 0.2) is 11.5 Å². The number of aromatic nitrogens is 2. The number of hydrogen-bond acceptors (Lipinski definition) is 6. The van der Waals surface area contributed by atoms with Crippen LogP contribution in [0.4, 0.5) is 11.6 Å². The number of nitrogens with zero attached hydrogens (tertiary/aromatic N) is 1. The number of fused-ring (bicyclic) bond motifs is 2. The van der Waals surface area contributed by atoms with Crippen molar-refractivity contribution >= 4 is 28.6 Å². The Hall–Kier alpha value is -3.22. The number of methoxy groups -OCH3 is 1. The number of hydrogen-bond donors (Lipinski definition) is 2. The first-order chi connectivity index (χ1) is 11.2. The van der Waals surface area contributed by atoms with Crippen LogP contribution in [0.2, 0.25) is 0 Å². The van der Waals surface area contributed by atoms with Gasteiger partial charge < -0.3 is 24.5 Å². The summed E-state index contributed by atoms with van der Waals surface area (Å²) in [6, 6.07) is 10.6. The molecule has 2 heterocycles. The molecule has 0 spiro atoms. The number of anilines is 2. The minimum Gasteiger partial charge on any atom is -0.465 e. The highest BCUT2D eigenvalue weighted by Crippen LogP contribution is 2.35. The fraction of sp³-hybridized carbons (Fsp3) is 0.125. The molecule has 0 amide bonds. The molecule has 0 bridgehead atoms. The maximum Gasteiger partial charge on any atom is 0.337 e. The first kappa shape index (κ1) is 13.4. The number of esters is 1. The predicted octanol–water partition coefficient (Wildman–Crippen LogP) is 2.82. The molecule has 4 rings (SSSR count). The Labute approximate surface area is 131 Å². The first-order valence-electron chi connectivity index (χ1n) is 6.98. The summed E-state index contributed by atoms with van der Waals surface area (Å²) in [6.45, 7) is 0.236. The van der Waals surface area contributed by atoms with Gasteiger partial charge in [-0.3, -0.25) is 0 Å². The van der Waals surface area contributed by atoms with E-state index in [1.807, 2.05) is 12.1 Å². The molecule has 1 aliphatic rings. The highest BCUT2D eigenvalue weighted by atomic mass is 16.7. The number of rotatable bonds is 3. The molecule has 0 atom stereocenters. The van der Waals surface area contributed by atoms with Crippen LogP contribution < -0.4 is 14.8 Å². The van der Waals surface area contributed by atoms with E-state index in [4.69, 9.17) is 9.47 Å². The van der Waals surface area contributed by atoms with Gasteiger partial charge >= 0.3 is 5.97 Å². The van der Waals surface area contributed by atoms with Gasteiger partial charge in [0, 0.05) is 17.8 Å². The van der Waals surface area contributed by atoms with E-state index in [0.717, 1.165) is 16.7 Å². The predicted molar refractivity (Wildman–Crippen MR) is 83.3 cm³/mol. The molecule has 0 aliphatic carbocycles. The number of imidazole rings is 1. The Morgan fingerprint density at radius 2 is 1.96 bits per heavy atom. The van der Waals surface area contributed by atoms with Crippen LogP contribution in [0, 0.1) is 0 Å². The van der Waals surface area contributed by atoms with Crippen molar-refractivity contribution in [3.05, 3.63) is 42.0 Å². The summed E-state index contributed by atoms with van der Waals surface area (Å²) >= 11 is 0. The number of carbonyl (C=O) groups is 1. The van der Waals surface area contributed by atoms with Gasteiger partial charge in [-0.1, -0.05) is 0 Å². The third-order valence-electron chi connectivity index (χ3n) is 3.54. The third kappa shape index (κ3) is 2.42. The Kier molecular flexibility index (Phi) is 3.04. The number of ether oxygens (including phenoxy) is 3. The van der Waals surface area contributed by atoms with E-state index in [1.54, 1.807) is 24.3 Å². The Balaban J connectivity index is 1.59. The molecule has 0 saturated heterocycles. The molecule has 7 heteroatoms. The fourth-order valence-corrected chi connectivity index (χ4v) is 2.40. The molecule has 0 fully saturated rings. The number of carbonyl (C=O) groups excluding carboxylic acids is 1. The lowest BCUT2D eigenvalue weighted by molar-refractivity contribution is 0.0601. The van der Waals surface area contributed by atoms with Crippen LogP contribution in [-0.2, 0) is 4.74 Å². The van der Waals surface area contributed by atoms with Gasteiger partial charge in [-0.2, -0.15) is 0 Å². The summed E-state index contributed by atoms with van der Waals surface area (Å²) < 4.78 is 15.4. The molecule has 23 heavy (non-hydrogen) atoms. The maximum atomic E-state index is 11.4. The molecular formula is C16H13N3O4. The van der Waals surface area contributed by atoms with Crippen molar-refractivity contribution in [2.45, 2.75) is 0 Å². The molecule has 2 N–H and O–H groups in total. The summed E-state index contributed by atoms with van der Waals surface area (Å²) in [5.74, 6) is 1.62. The molecule has 0 radical (unpaired) electrons. The number of H-pyrrole nitrogens is 1. The second kappa shape index (κ2) is 5.20. The van der Waals surface area contributed by atoms with Gasteiger partial charge in [0.25, 0.3) is 0 Å². The summed E-state index contributed by atoms with van der Waals surface area (Å²) in [4.78, 5) is 19.1. The number of nitrogens with one attached hydrogen (secondary N) is 2. The maximum absolute atomic E-state index is 11.4. The second-order valence-electron chi connectivity index (χ2n) is 5.00. The third-order valence-corrected chi connectivity index (χ3v) is 3.54. The Morgan fingerprint density at radius 3 is 2.70 bits per heavy atom. The van der Waals surface area contributed by atoms with E-state index < -0.39 is 0 Å². The Morgan fingerprint density at radius 1 is 1.22 bits per heavy atom. The Bertz CT molecular complexity index is 845. The molecule has 116 valence electrons. The minimum atomic E-state index is -0.366. The first-order valence-corrected chi connectivity index (χ1v) is 6.98. The monoisotopic (exact) mass is 311 g/mol. The molecule has 1 aromatic heterocycles. The van der Waals surface area contributed by atoms with Crippen LogP contribution in [0.25, 0.3) is 11.0 Å². The molecule has 0 saturated carbocycles. The van der Waals surface area contributed by atoms with Crippen molar-refractivity contribution < 1.29 is 19.0 Å². The topological polar surface area (TPSA) is 85.5 Å². The highest BCUT2D eigenvalue weighted by Gasteiger charge is 2.16. The van der Waals surface area contributed by atoms with E-state index in [9.17, 15) is 4.79 Å². The fourth-order valence-electron chi connectivity index (χ4n) is 2.40. The lowest BCUT2D eigenvalue weighted by Gasteiger charge is -2.03. The average molecular weight is 311 g/mol. The van der Waals surface area contributed by atoms with Gasteiger partial charge in [0.05, 0.1) is 23.7 Å². The normalized spacial score (nSPS) is 12.4. The zero-order valence-corrected chi connectivity index (χ0v) is 12.3. The largest absolute Gasteiger partial charge is 0.465 e. The van der Waals surface area contributed by atoms with Gasteiger partial charge in [0.1, 0.15) is 0 Å². The lowest BCUT2D eigenvalue weighted by atomic mass is 10.2. The molecular weight excluding hydrogens is 298 g/mol. The van der Waals surface area contributed by atoms with Gasteiger partial charge in [-0.25, -0.2) is 9.78 Å². The molecule has 0 unspecified atom stereocenters. The van der Waals surface area contributed by atoms with E-state index in [0.29, 0.717) is 23.0 Å². The van der Waals surface area contributed by atoms with Crippen LogP contribution in [0.3, 0.4) is 0 Å². The zero-order chi connectivity index (χ0) is 15.8. The minimum absolute atomic E-state index is 0.236. The molecule has 7 nitrogen and oxygen atoms in total. The van der Waals surface area contributed by atoms with E-state index in [1.165, 1.54) is 7.11 Å². The van der Waals surface area contributed by atoms with Gasteiger partial charge in [-0.15, -0.1) is 0 Å². The van der Waals surface area contributed by atoms with E-state index >= 15 is 0 Å². The van der Waals surface area contributed by atoms with Crippen LogP contribution in [0.15, 0.2) is 36.4 Å². The van der Waals surface area contributed by atoms with E-state index in [-0.39, 0.29) is 12.8 Å². The summed E-state index contributed by atoms with van der Waals surface area (Å²) in [5, 5.41) is 3.15. The van der Waals surface area contributed by atoms with Gasteiger partial charge in [-0.05, 0) is 24.3 Å². The lowest BCUT2D eigenvalue weighted by Crippen LogP contribution is -2.01. The smallest absolute Gasteiger partial charge is 0.337 e. The quantitative estimate of drug-likeness (QED) is 0.723. The zero-order valence-electron chi connectivity index (χ0n) is 12.3. The van der Waals surface area contributed by atoms with Crippen molar-refractivity contribution in [2.24, 2.45) is 0 Å². The molecule has 2 aromatic carbocycles. The van der Waals surface area contributed by atoms with Crippen LogP contribution >= 0.6 is 0 Å². The van der Waals surface area contributed by atoms with Crippen molar-refractivity contribution in [3.63, 3.8) is 0 Å². The number of benzene rings is 2. The summed E-state index contributed by atoms with van der Waals surface area (Å²) in [5.41, 5.74) is 2.93. The van der Waals surface area contributed by atoms with Crippen molar-refractivity contribution in [2.75, 3.05) is 19.2 Å². The SMILES string of the molecule is COC(=O)c1ccc(Nc2nc3cc4c(cc3[nH]2)OCO4)cc1. The van der Waals surface area contributed by atoms with Crippen LogP contribution in [-0.4, -0.2) is 29.8 Å². The van der Waals surface area contributed by atoms with Crippen LogP contribution in [0.1, 0.15) is 10.4 Å². The van der Waals surface area contributed by atoms with Crippen LogP contribution in [0.5, 0.6) is 11.5 Å². The second-order valence-corrected chi connectivity index (χ2v) is 5.00. The van der Waals surface area contributed by atoms with E-state index in [2.05, 4.69) is 20.0 Å². The van der Waals surface area contributed by atoms with Gasteiger partial charge in [0.2, 0.25) is 12.7 Å². The standard InChI is InChI=1S/C16H13N3O4/c1-21-15(20)9-2-4-10(5-3-9)17-16-18-11-6-13-14(23-8-22-13)7-12(11)19-16/h2-7H,8H2,1H3,(H2,17,18,19). The highest BCUT2D eigenvalue weighted by molar-refractivity contribution is 5.90. The molecule has 1 aliphatic heterocycles. The van der Waals surface area contributed by atoms with Crippen molar-refractivity contribution in [1.29, 1.82) is 0 Å². The average Bonchev–Trinajstić information content (AvgIpc) is 3.17. The summed E-state index contributed by atoms with van der Waals surface area (Å²) in [7, 11) is 1.35. The number of aromatic amines is 1. The van der Waals surface area contributed by atoms with Crippen molar-refractivity contribution in [1.82, 2.24) is 9.97 Å². The van der Waals surface area contributed by atoms with Crippen molar-refractivity contribution in [3.8, 4) is 11.5 Å².